The molecule has 0 saturated carbocycles. The van der Waals surface area contributed by atoms with Crippen LogP contribution >= 0.6 is 0 Å². The molecule has 0 amide bonds. The lowest BCUT2D eigenvalue weighted by Gasteiger charge is -2.20. The van der Waals surface area contributed by atoms with Crippen molar-refractivity contribution in [3.63, 3.8) is 0 Å². The number of hydrogen-bond acceptors (Lipinski definition) is 4. The predicted octanol–water partition coefficient (Wildman–Crippen LogP) is 2.88. The third kappa shape index (κ3) is 3.99. The molecule has 122 valence electrons. The molecule has 1 aromatic carbocycles. The van der Waals surface area contributed by atoms with Gasteiger partial charge in [0.05, 0.1) is 18.6 Å². The van der Waals surface area contributed by atoms with E-state index in [0.717, 1.165) is 24.2 Å². The maximum absolute atomic E-state index is 11.5. The van der Waals surface area contributed by atoms with Gasteiger partial charge in [-0.05, 0) is 19.4 Å². The number of aliphatic carboxylic acids is 1. The average Bonchev–Trinajstić information content (AvgIpc) is 2.89. The SMILES string of the molecule is CCCCCCOc1ccccc1C1NNC(C)C1C(=O)O. The van der Waals surface area contributed by atoms with Crippen molar-refractivity contribution in [3.8, 4) is 5.75 Å². The second-order valence-electron chi connectivity index (χ2n) is 5.87. The predicted molar refractivity (Wildman–Crippen MR) is 85.7 cm³/mol. The molecule has 1 aromatic rings. The molecule has 2 rings (SSSR count). The summed E-state index contributed by atoms with van der Waals surface area (Å²) in [6.07, 6.45) is 4.61. The van der Waals surface area contributed by atoms with Gasteiger partial charge in [-0.2, -0.15) is 0 Å². The van der Waals surface area contributed by atoms with Crippen LogP contribution < -0.4 is 15.6 Å². The van der Waals surface area contributed by atoms with E-state index in [1.54, 1.807) is 0 Å². The summed E-state index contributed by atoms with van der Waals surface area (Å²) in [5.74, 6) is -0.531. The van der Waals surface area contributed by atoms with Crippen molar-refractivity contribution in [2.75, 3.05) is 6.61 Å². The number of rotatable bonds is 8. The molecule has 3 atom stereocenters. The van der Waals surface area contributed by atoms with Crippen molar-refractivity contribution < 1.29 is 14.6 Å². The Morgan fingerprint density at radius 2 is 2.00 bits per heavy atom. The van der Waals surface area contributed by atoms with Gasteiger partial charge in [0.1, 0.15) is 5.75 Å². The summed E-state index contributed by atoms with van der Waals surface area (Å²) in [5, 5.41) is 9.46. The Labute approximate surface area is 132 Å². The molecular weight excluding hydrogens is 280 g/mol. The van der Waals surface area contributed by atoms with Crippen LogP contribution in [0.2, 0.25) is 0 Å². The van der Waals surface area contributed by atoms with Crippen LogP contribution in [0, 0.1) is 5.92 Å². The van der Waals surface area contributed by atoms with E-state index in [4.69, 9.17) is 4.74 Å². The lowest BCUT2D eigenvalue weighted by atomic mass is 9.90. The van der Waals surface area contributed by atoms with Gasteiger partial charge in [0.2, 0.25) is 0 Å². The standard InChI is InChI=1S/C17H26N2O3/c1-3-4-5-8-11-22-14-10-7-6-9-13(14)16-15(17(20)21)12(2)18-19-16/h6-7,9-10,12,15-16,18-19H,3-5,8,11H2,1-2H3,(H,20,21). The molecule has 22 heavy (non-hydrogen) atoms. The first kappa shape index (κ1) is 16.8. The van der Waals surface area contributed by atoms with E-state index in [9.17, 15) is 9.90 Å². The van der Waals surface area contributed by atoms with Crippen LogP contribution in [0.3, 0.4) is 0 Å². The highest BCUT2D eigenvalue weighted by molar-refractivity contribution is 5.73. The van der Waals surface area contributed by atoms with Gasteiger partial charge in [-0.25, -0.2) is 5.43 Å². The molecule has 0 aliphatic carbocycles. The van der Waals surface area contributed by atoms with Gasteiger partial charge >= 0.3 is 5.97 Å². The van der Waals surface area contributed by atoms with E-state index in [2.05, 4.69) is 17.8 Å². The van der Waals surface area contributed by atoms with E-state index in [1.807, 2.05) is 31.2 Å². The molecular formula is C17H26N2O3. The fraction of sp³-hybridized carbons (Fsp3) is 0.588. The fourth-order valence-electron chi connectivity index (χ4n) is 2.90. The summed E-state index contributed by atoms with van der Waals surface area (Å²) in [7, 11) is 0. The number of unbranched alkanes of at least 4 members (excludes halogenated alkanes) is 3. The average molecular weight is 306 g/mol. The highest BCUT2D eigenvalue weighted by Crippen LogP contribution is 2.34. The molecule has 0 spiro atoms. The minimum Gasteiger partial charge on any atom is -0.493 e. The minimum atomic E-state index is -0.798. The summed E-state index contributed by atoms with van der Waals surface area (Å²) >= 11 is 0. The Hall–Kier alpha value is -1.59. The van der Waals surface area contributed by atoms with Crippen molar-refractivity contribution in [2.45, 2.75) is 51.6 Å². The zero-order valence-electron chi connectivity index (χ0n) is 13.3. The number of hydrazine groups is 1. The normalized spacial score (nSPS) is 24.4. The maximum Gasteiger partial charge on any atom is 0.310 e. The number of para-hydroxylation sites is 1. The van der Waals surface area contributed by atoms with Gasteiger partial charge in [-0.3, -0.25) is 10.2 Å². The Balaban J connectivity index is 2.06. The zero-order chi connectivity index (χ0) is 15.9. The highest BCUT2D eigenvalue weighted by atomic mass is 16.5. The molecule has 1 heterocycles. The number of benzene rings is 1. The first-order chi connectivity index (χ1) is 10.6. The Morgan fingerprint density at radius 1 is 1.23 bits per heavy atom. The molecule has 3 N–H and O–H groups in total. The zero-order valence-corrected chi connectivity index (χ0v) is 13.3. The number of carboxylic acids is 1. The molecule has 1 fully saturated rings. The summed E-state index contributed by atoms with van der Waals surface area (Å²) in [4.78, 5) is 11.5. The smallest absolute Gasteiger partial charge is 0.310 e. The van der Waals surface area contributed by atoms with Crippen LogP contribution in [0.15, 0.2) is 24.3 Å². The summed E-state index contributed by atoms with van der Waals surface area (Å²) in [6.45, 7) is 4.73. The summed E-state index contributed by atoms with van der Waals surface area (Å²) in [6, 6.07) is 7.29. The summed E-state index contributed by atoms with van der Waals surface area (Å²) < 4.78 is 5.90. The van der Waals surface area contributed by atoms with Crippen LogP contribution in [0.4, 0.5) is 0 Å². The third-order valence-electron chi connectivity index (χ3n) is 4.16. The second-order valence-corrected chi connectivity index (χ2v) is 5.87. The van der Waals surface area contributed by atoms with Crippen molar-refractivity contribution >= 4 is 5.97 Å². The molecule has 0 bridgehead atoms. The molecule has 3 unspecified atom stereocenters. The lowest BCUT2D eigenvalue weighted by Crippen LogP contribution is -2.30. The number of hydrogen-bond donors (Lipinski definition) is 3. The van der Waals surface area contributed by atoms with Gasteiger partial charge in [0.15, 0.2) is 0 Å². The largest absolute Gasteiger partial charge is 0.493 e. The Kier molecular flexibility index (Phi) is 6.21. The first-order valence-corrected chi connectivity index (χ1v) is 8.10. The third-order valence-corrected chi connectivity index (χ3v) is 4.16. The Morgan fingerprint density at radius 3 is 2.73 bits per heavy atom. The number of carboxylic acid groups (broad SMARTS) is 1. The number of nitrogens with one attached hydrogen (secondary N) is 2. The van der Waals surface area contributed by atoms with Gasteiger partial charge in [0.25, 0.3) is 0 Å². The number of ether oxygens (including phenoxy) is 1. The van der Waals surface area contributed by atoms with E-state index in [0.29, 0.717) is 6.61 Å². The number of carbonyl (C=O) groups is 1. The van der Waals surface area contributed by atoms with Crippen molar-refractivity contribution in [1.29, 1.82) is 0 Å². The van der Waals surface area contributed by atoms with Crippen LogP contribution in [0.25, 0.3) is 0 Å². The molecule has 0 aromatic heterocycles. The summed E-state index contributed by atoms with van der Waals surface area (Å²) in [5.41, 5.74) is 7.02. The van der Waals surface area contributed by atoms with Gasteiger partial charge < -0.3 is 9.84 Å². The molecule has 1 aliphatic rings. The van der Waals surface area contributed by atoms with Crippen LogP contribution in [-0.4, -0.2) is 23.7 Å². The van der Waals surface area contributed by atoms with Crippen LogP contribution in [0.5, 0.6) is 5.75 Å². The van der Waals surface area contributed by atoms with Crippen LogP contribution in [0.1, 0.15) is 51.1 Å². The monoisotopic (exact) mass is 306 g/mol. The van der Waals surface area contributed by atoms with Crippen molar-refractivity contribution in [2.24, 2.45) is 5.92 Å². The Bertz CT molecular complexity index is 493. The fourth-order valence-corrected chi connectivity index (χ4v) is 2.90. The van der Waals surface area contributed by atoms with Gasteiger partial charge in [0, 0.05) is 11.6 Å². The van der Waals surface area contributed by atoms with E-state index in [1.165, 1.54) is 12.8 Å². The molecule has 5 heteroatoms. The minimum absolute atomic E-state index is 0.125. The molecule has 0 radical (unpaired) electrons. The maximum atomic E-state index is 11.5. The van der Waals surface area contributed by atoms with E-state index < -0.39 is 11.9 Å². The van der Waals surface area contributed by atoms with E-state index in [-0.39, 0.29) is 12.1 Å². The first-order valence-electron chi connectivity index (χ1n) is 8.10. The molecule has 5 nitrogen and oxygen atoms in total. The van der Waals surface area contributed by atoms with Crippen molar-refractivity contribution in [1.82, 2.24) is 10.9 Å². The lowest BCUT2D eigenvalue weighted by molar-refractivity contribution is -0.142. The van der Waals surface area contributed by atoms with Crippen LogP contribution in [-0.2, 0) is 4.79 Å². The van der Waals surface area contributed by atoms with Gasteiger partial charge in [-0.15, -0.1) is 0 Å². The van der Waals surface area contributed by atoms with E-state index >= 15 is 0 Å². The quantitative estimate of drug-likeness (QED) is 0.644. The molecule has 1 saturated heterocycles. The second kappa shape index (κ2) is 8.15. The topological polar surface area (TPSA) is 70.6 Å². The highest BCUT2D eigenvalue weighted by Gasteiger charge is 2.40. The molecule has 1 aliphatic heterocycles. The van der Waals surface area contributed by atoms with Gasteiger partial charge in [-0.1, -0.05) is 44.4 Å². The van der Waals surface area contributed by atoms with Crippen molar-refractivity contribution in [3.05, 3.63) is 29.8 Å².